The third kappa shape index (κ3) is 4.48. The second-order valence-electron chi connectivity index (χ2n) is 6.01. The fraction of sp³-hybridized carbons (Fsp3) is 0.588. The van der Waals surface area contributed by atoms with Gasteiger partial charge in [-0.15, -0.1) is 0 Å². The Bertz CT molecular complexity index is 458. The van der Waals surface area contributed by atoms with E-state index in [2.05, 4.69) is 48.2 Å². The Labute approximate surface area is 132 Å². The van der Waals surface area contributed by atoms with Crippen LogP contribution in [0, 0.1) is 0 Å². The molecule has 21 heavy (non-hydrogen) atoms. The monoisotopic (exact) mass is 306 g/mol. The Balaban J connectivity index is 2.11. The van der Waals surface area contributed by atoms with Gasteiger partial charge in [0, 0.05) is 13.1 Å². The van der Waals surface area contributed by atoms with E-state index < -0.39 is 0 Å². The van der Waals surface area contributed by atoms with Crippen LogP contribution in [0.4, 0.5) is 0 Å². The number of piperidine rings is 1. The first kappa shape index (κ1) is 16.4. The standard InChI is InChI=1S/C17H26N2OS/c1-18(2)12-14-7-9-15(10-8-14)16-6-4-5-11-19(16)17(20)13-21-3/h7-10,16H,4-6,11-13H2,1-3H3/t16-/m1/s1. The molecule has 0 bridgehead atoms. The molecule has 1 aliphatic rings. The molecule has 0 saturated carbocycles. The van der Waals surface area contributed by atoms with Gasteiger partial charge in [0.2, 0.25) is 5.91 Å². The molecule has 116 valence electrons. The SMILES string of the molecule is CSCC(=O)N1CCCC[C@@H]1c1ccc(CN(C)C)cc1. The van der Waals surface area contributed by atoms with E-state index in [0.29, 0.717) is 5.75 Å². The summed E-state index contributed by atoms with van der Waals surface area (Å²) in [7, 11) is 4.16. The summed E-state index contributed by atoms with van der Waals surface area (Å²) < 4.78 is 0. The van der Waals surface area contributed by atoms with Crippen molar-refractivity contribution in [1.29, 1.82) is 0 Å². The number of hydrogen-bond donors (Lipinski definition) is 0. The molecule has 1 aromatic carbocycles. The predicted octanol–water partition coefficient (Wildman–Crippen LogP) is 3.16. The van der Waals surface area contributed by atoms with Crippen LogP contribution in [0.3, 0.4) is 0 Å². The van der Waals surface area contributed by atoms with E-state index in [1.54, 1.807) is 11.8 Å². The lowest BCUT2D eigenvalue weighted by Gasteiger charge is -2.36. The van der Waals surface area contributed by atoms with Crippen molar-refractivity contribution in [3.63, 3.8) is 0 Å². The van der Waals surface area contributed by atoms with Gasteiger partial charge in [-0.05, 0) is 50.7 Å². The molecular formula is C17H26N2OS. The van der Waals surface area contributed by atoms with Crippen LogP contribution < -0.4 is 0 Å². The number of hydrogen-bond acceptors (Lipinski definition) is 3. The molecule has 1 amide bonds. The van der Waals surface area contributed by atoms with Gasteiger partial charge in [-0.3, -0.25) is 4.79 Å². The van der Waals surface area contributed by atoms with E-state index in [1.165, 1.54) is 17.5 Å². The predicted molar refractivity (Wildman–Crippen MR) is 90.5 cm³/mol. The number of likely N-dealkylation sites (tertiary alicyclic amines) is 1. The molecule has 3 nitrogen and oxygen atoms in total. The molecule has 1 saturated heterocycles. The van der Waals surface area contributed by atoms with Crippen LogP contribution in [0.1, 0.15) is 36.4 Å². The normalized spacial score (nSPS) is 19.0. The number of carbonyl (C=O) groups is 1. The minimum atomic E-state index is 0.270. The average Bonchev–Trinajstić information content (AvgIpc) is 2.48. The first-order chi connectivity index (χ1) is 10.1. The molecule has 0 aromatic heterocycles. The van der Waals surface area contributed by atoms with Crippen LogP contribution in [0.25, 0.3) is 0 Å². The average molecular weight is 306 g/mol. The number of carbonyl (C=O) groups excluding carboxylic acids is 1. The van der Waals surface area contributed by atoms with Crippen molar-refractivity contribution in [3.8, 4) is 0 Å². The molecule has 0 aliphatic carbocycles. The summed E-state index contributed by atoms with van der Waals surface area (Å²) in [6.07, 6.45) is 5.43. The lowest BCUT2D eigenvalue weighted by molar-refractivity contribution is -0.132. The minimum Gasteiger partial charge on any atom is -0.335 e. The van der Waals surface area contributed by atoms with Gasteiger partial charge in [0.15, 0.2) is 0 Å². The van der Waals surface area contributed by atoms with Crippen LogP contribution >= 0.6 is 11.8 Å². The fourth-order valence-corrected chi connectivity index (χ4v) is 3.41. The maximum absolute atomic E-state index is 12.3. The summed E-state index contributed by atoms with van der Waals surface area (Å²) in [5.74, 6) is 0.874. The van der Waals surface area contributed by atoms with Crippen LogP contribution in [0.2, 0.25) is 0 Å². The zero-order valence-electron chi connectivity index (χ0n) is 13.3. The third-order valence-electron chi connectivity index (χ3n) is 3.95. The first-order valence-electron chi connectivity index (χ1n) is 7.64. The largest absolute Gasteiger partial charge is 0.335 e. The van der Waals surface area contributed by atoms with Crippen molar-refractivity contribution in [3.05, 3.63) is 35.4 Å². The van der Waals surface area contributed by atoms with Gasteiger partial charge < -0.3 is 9.80 Å². The van der Waals surface area contributed by atoms with Crippen molar-refractivity contribution in [2.45, 2.75) is 31.8 Å². The van der Waals surface area contributed by atoms with Crippen molar-refractivity contribution in [2.75, 3.05) is 32.6 Å². The lowest BCUT2D eigenvalue weighted by Crippen LogP contribution is -2.39. The molecule has 1 aliphatic heterocycles. The number of nitrogens with zero attached hydrogens (tertiary/aromatic N) is 2. The van der Waals surface area contributed by atoms with Crippen molar-refractivity contribution < 1.29 is 4.79 Å². The second kappa shape index (κ2) is 7.85. The maximum Gasteiger partial charge on any atom is 0.233 e. The van der Waals surface area contributed by atoms with Crippen LogP contribution in [-0.4, -0.2) is 48.4 Å². The maximum atomic E-state index is 12.3. The van der Waals surface area contributed by atoms with E-state index in [9.17, 15) is 4.79 Å². The smallest absolute Gasteiger partial charge is 0.233 e. The Kier molecular flexibility index (Phi) is 6.12. The van der Waals surface area contributed by atoms with Gasteiger partial charge in [0.25, 0.3) is 0 Å². The highest BCUT2D eigenvalue weighted by Crippen LogP contribution is 2.31. The van der Waals surface area contributed by atoms with Crippen molar-refractivity contribution in [2.24, 2.45) is 0 Å². The molecule has 1 fully saturated rings. The number of benzene rings is 1. The van der Waals surface area contributed by atoms with Crippen molar-refractivity contribution in [1.82, 2.24) is 9.80 Å². The topological polar surface area (TPSA) is 23.6 Å². The third-order valence-corrected chi connectivity index (χ3v) is 4.49. The van der Waals surface area contributed by atoms with E-state index in [-0.39, 0.29) is 11.9 Å². The van der Waals surface area contributed by atoms with Crippen LogP contribution in [-0.2, 0) is 11.3 Å². The fourth-order valence-electron chi connectivity index (χ4n) is 2.99. The van der Waals surface area contributed by atoms with Gasteiger partial charge in [-0.1, -0.05) is 24.3 Å². The molecule has 1 atom stereocenters. The molecule has 0 N–H and O–H groups in total. The minimum absolute atomic E-state index is 0.270. The molecule has 0 radical (unpaired) electrons. The Morgan fingerprint density at radius 3 is 2.62 bits per heavy atom. The summed E-state index contributed by atoms with van der Waals surface area (Å²) in [5, 5.41) is 0. The summed E-state index contributed by atoms with van der Waals surface area (Å²) in [4.78, 5) is 16.5. The quantitative estimate of drug-likeness (QED) is 0.835. The first-order valence-corrected chi connectivity index (χ1v) is 9.03. The van der Waals surface area contributed by atoms with Gasteiger partial charge in [0.1, 0.15) is 0 Å². The summed E-state index contributed by atoms with van der Waals surface area (Å²) in [6.45, 7) is 1.86. The second-order valence-corrected chi connectivity index (χ2v) is 6.88. The molecule has 2 rings (SSSR count). The Morgan fingerprint density at radius 2 is 2.00 bits per heavy atom. The summed E-state index contributed by atoms with van der Waals surface area (Å²) in [6, 6.07) is 9.07. The Hall–Kier alpha value is -1.00. The van der Waals surface area contributed by atoms with Gasteiger partial charge >= 0.3 is 0 Å². The van der Waals surface area contributed by atoms with Gasteiger partial charge in [-0.2, -0.15) is 11.8 Å². The summed E-state index contributed by atoms with van der Waals surface area (Å²) >= 11 is 1.61. The van der Waals surface area contributed by atoms with E-state index in [1.807, 2.05) is 6.26 Å². The lowest BCUT2D eigenvalue weighted by atomic mass is 9.94. The van der Waals surface area contributed by atoms with Gasteiger partial charge in [-0.25, -0.2) is 0 Å². The number of rotatable bonds is 5. The van der Waals surface area contributed by atoms with E-state index in [4.69, 9.17) is 0 Å². The van der Waals surface area contributed by atoms with E-state index in [0.717, 1.165) is 25.9 Å². The number of amides is 1. The Morgan fingerprint density at radius 1 is 1.29 bits per heavy atom. The highest BCUT2D eigenvalue weighted by Gasteiger charge is 2.27. The van der Waals surface area contributed by atoms with E-state index >= 15 is 0 Å². The molecule has 0 unspecified atom stereocenters. The zero-order valence-corrected chi connectivity index (χ0v) is 14.2. The highest BCUT2D eigenvalue weighted by molar-refractivity contribution is 7.99. The van der Waals surface area contributed by atoms with Crippen LogP contribution in [0.5, 0.6) is 0 Å². The highest BCUT2D eigenvalue weighted by atomic mass is 32.2. The van der Waals surface area contributed by atoms with Gasteiger partial charge in [0.05, 0.1) is 11.8 Å². The van der Waals surface area contributed by atoms with Crippen LogP contribution in [0.15, 0.2) is 24.3 Å². The van der Waals surface area contributed by atoms with Crippen molar-refractivity contribution >= 4 is 17.7 Å². The number of thioether (sulfide) groups is 1. The molecule has 1 heterocycles. The molecule has 4 heteroatoms. The molecular weight excluding hydrogens is 280 g/mol. The molecule has 0 spiro atoms. The molecule has 1 aromatic rings. The zero-order chi connectivity index (χ0) is 15.2. The summed E-state index contributed by atoms with van der Waals surface area (Å²) in [5.41, 5.74) is 2.60.